The van der Waals surface area contributed by atoms with E-state index >= 15 is 0 Å². The van der Waals surface area contributed by atoms with Gasteiger partial charge in [-0.3, -0.25) is 14.4 Å². The van der Waals surface area contributed by atoms with E-state index in [9.17, 15) is 19.5 Å². The molecule has 3 saturated heterocycles. The fraction of sp³-hybridized carbons (Fsp3) is 0.667. The topological polar surface area (TPSA) is 108 Å². The number of hydrogen-bond acceptors (Lipinski definition) is 5. The standard InChI is InChI=1S/C27H39N3O5/c1-4-11-18(3)28-24(33)22-27-15-14-26(5-2,35-27)20(23(32)29-19-12-7-6-8-13-19)21(27)25(34)30(22)16-9-10-17-31/h6-8,12-13,18,20-22,31H,4-5,9-11,14-17H2,1-3H3,(H,28,33)(H,29,32)/t18?,20-,21-,22?,26+,27?/m0/s1. The smallest absolute Gasteiger partial charge is 0.246 e. The SMILES string of the molecule is CCCC(C)NC(=O)C1N(CCCCO)C(=O)[C@@H]2[C@@H](C(=O)Nc3ccccc3)[C@@]3(CC)CCC12O3. The van der Waals surface area contributed by atoms with E-state index in [1.54, 1.807) is 4.90 Å². The van der Waals surface area contributed by atoms with Crippen molar-refractivity contribution in [3.05, 3.63) is 30.3 Å². The summed E-state index contributed by atoms with van der Waals surface area (Å²) in [6.45, 7) is 6.41. The Bertz CT molecular complexity index is 940. The van der Waals surface area contributed by atoms with Crippen LogP contribution in [-0.4, -0.2) is 64.2 Å². The van der Waals surface area contributed by atoms with Crippen molar-refractivity contribution in [3.8, 4) is 0 Å². The van der Waals surface area contributed by atoms with E-state index in [0.29, 0.717) is 44.3 Å². The molecule has 2 bridgehead atoms. The fourth-order valence-electron chi connectivity index (χ4n) is 6.62. The molecule has 3 N–H and O–H groups in total. The lowest BCUT2D eigenvalue weighted by Gasteiger charge is -2.34. The van der Waals surface area contributed by atoms with Gasteiger partial charge in [0.15, 0.2) is 0 Å². The number of likely N-dealkylation sites (tertiary alicyclic amines) is 1. The van der Waals surface area contributed by atoms with E-state index in [0.717, 1.165) is 12.8 Å². The summed E-state index contributed by atoms with van der Waals surface area (Å²) in [5, 5.41) is 15.4. The minimum absolute atomic E-state index is 0.0201. The molecule has 8 heteroatoms. The van der Waals surface area contributed by atoms with Gasteiger partial charge in [0, 0.05) is 24.9 Å². The van der Waals surface area contributed by atoms with Crippen molar-refractivity contribution in [1.82, 2.24) is 10.2 Å². The highest BCUT2D eigenvalue weighted by Gasteiger charge is 2.78. The van der Waals surface area contributed by atoms with Gasteiger partial charge in [-0.25, -0.2) is 0 Å². The Morgan fingerprint density at radius 1 is 1.17 bits per heavy atom. The van der Waals surface area contributed by atoms with Gasteiger partial charge in [-0.2, -0.15) is 0 Å². The van der Waals surface area contributed by atoms with E-state index in [-0.39, 0.29) is 30.4 Å². The first-order valence-electron chi connectivity index (χ1n) is 13.1. The van der Waals surface area contributed by atoms with Crippen LogP contribution in [-0.2, 0) is 19.1 Å². The molecular formula is C27H39N3O5. The predicted octanol–water partition coefficient (Wildman–Crippen LogP) is 2.86. The Morgan fingerprint density at radius 2 is 1.91 bits per heavy atom. The Labute approximate surface area is 207 Å². The molecule has 0 aliphatic carbocycles. The molecule has 192 valence electrons. The van der Waals surface area contributed by atoms with Gasteiger partial charge >= 0.3 is 0 Å². The number of fused-ring (bicyclic) bond motifs is 1. The van der Waals surface area contributed by atoms with E-state index in [2.05, 4.69) is 17.6 Å². The van der Waals surface area contributed by atoms with Crippen molar-refractivity contribution in [2.75, 3.05) is 18.5 Å². The molecule has 3 fully saturated rings. The van der Waals surface area contributed by atoms with Gasteiger partial charge in [-0.1, -0.05) is 38.5 Å². The Kier molecular flexibility index (Phi) is 7.52. The lowest BCUT2D eigenvalue weighted by Crippen LogP contribution is -2.56. The van der Waals surface area contributed by atoms with Crippen LogP contribution < -0.4 is 10.6 Å². The lowest BCUT2D eigenvalue weighted by molar-refractivity contribution is -0.146. The molecule has 3 heterocycles. The highest BCUT2D eigenvalue weighted by molar-refractivity contribution is 6.02. The Hall–Kier alpha value is -2.45. The molecule has 6 atom stereocenters. The zero-order chi connectivity index (χ0) is 25.2. The van der Waals surface area contributed by atoms with Gasteiger partial charge in [-0.05, 0) is 57.6 Å². The minimum atomic E-state index is -1.01. The van der Waals surface area contributed by atoms with Crippen LogP contribution in [0, 0.1) is 11.8 Å². The van der Waals surface area contributed by atoms with E-state index in [1.807, 2.05) is 44.2 Å². The van der Waals surface area contributed by atoms with Crippen molar-refractivity contribution >= 4 is 23.4 Å². The third kappa shape index (κ3) is 4.35. The summed E-state index contributed by atoms with van der Waals surface area (Å²) < 4.78 is 6.74. The number of anilines is 1. The minimum Gasteiger partial charge on any atom is -0.396 e. The van der Waals surface area contributed by atoms with Crippen LogP contribution >= 0.6 is 0 Å². The summed E-state index contributed by atoms with van der Waals surface area (Å²) in [7, 11) is 0. The van der Waals surface area contributed by atoms with Crippen molar-refractivity contribution in [3.63, 3.8) is 0 Å². The number of nitrogens with zero attached hydrogens (tertiary/aromatic N) is 1. The third-order valence-corrected chi connectivity index (χ3v) is 8.17. The van der Waals surface area contributed by atoms with Crippen LogP contribution in [0.1, 0.15) is 65.7 Å². The molecule has 8 nitrogen and oxygen atoms in total. The summed E-state index contributed by atoms with van der Waals surface area (Å²) in [4.78, 5) is 42.9. The maximum atomic E-state index is 13.9. The van der Waals surface area contributed by atoms with Crippen LogP contribution in [0.25, 0.3) is 0 Å². The van der Waals surface area contributed by atoms with E-state index < -0.39 is 29.1 Å². The number of aliphatic hydroxyl groups is 1. The first kappa shape index (κ1) is 25.6. The second kappa shape index (κ2) is 10.3. The van der Waals surface area contributed by atoms with Crippen molar-refractivity contribution in [2.24, 2.45) is 11.8 Å². The summed E-state index contributed by atoms with van der Waals surface area (Å²) in [5.41, 5.74) is -1.10. The largest absolute Gasteiger partial charge is 0.396 e. The number of para-hydroxylation sites is 1. The number of benzene rings is 1. The number of ether oxygens (including phenoxy) is 1. The number of aliphatic hydroxyl groups excluding tert-OH is 1. The highest BCUT2D eigenvalue weighted by atomic mass is 16.5. The zero-order valence-electron chi connectivity index (χ0n) is 21.1. The summed E-state index contributed by atoms with van der Waals surface area (Å²) >= 11 is 0. The normalized spacial score (nSPS) is 31.9. The van der Waals surface area contributed by atoms with Gasteiger partial charge in [0.2, 0.25) is 17.7 Å². The number of amides is 3. The van der Waals surface area contributed by atoms with E-state index in [4.69, 9.17) is 4.74 Å². The number of carbonyl (C=O) groups is 3. The maximum Gasteiger partial charge on any atom is 0.246 e. The molecule has 35 heavy (non-hydrogen) atoms. The molecule has 3 unspecified atom stereocenters. The predicted molar refractivity (Wildman–Crippen MR) is 132 cm³/mol. The number of nitrogens with one attached hydrogen (secondary N) is 2. The van der Waals surface area contributed by atoms with Gasteiger partial charge in [-0.15, -0.1) is 0 Å². The van der Waals surface area contributed by atoms with E-state index in [1.165, 1.54) is 0 Å². The highest BCUT2D eigenvalue weighted by Crippen LogP contribution is 2.64. The Balaban J connectivity index is 1.69. The van der Waals surface area contributed by atoms with Crippen LogP contribution in [0.2, 0.25) is 0 Å². The summed E-state index contributed by atoms with van der Waals surface area (Å²) in [5.74, 6) is -1.99. The molecule has 0 radical (unpaired) electrons. The van der Waals surface area contributed by atoms with Gasteiger partial charge < -0.3 is 25.4 Å². The van der Waals surface area contributed by atoms with Crippen LogP contribution in [0.5, 0.6) is 0 Å². The maximum absolute atomic E-state index is 13.9. The van der Waals surface area contributed by atoms with Crippen LogP contribution in [0.3, 0.4) is 0 Å². The zero-order valence-corrected chi connectivity index (χ0v) is 21.1. The van der Waals surface area contributed by atoms with Crippen LogP contribution in [0.15, 0.2) is 30.3 Å². The number of hydrogen-bond donors (Lipinski definition) is 3. The summed E-state index contributed by atoms with van der Waals surface area (Å²) in [6, 6.07) is 8.44. The number of carbonyl (C=O) groups excluding carboxylic acids is 3. The third-order valence-electron chi connectivity index (χ3n) is 8.17. The Morgan fingerprint density at radius 3 is 2.57 bits per heavy atom. The van der Waals surface area contributed by atoms with Crippen molar-refractivity contribution in [2.45, 2.75) is 89.0 Å². The molecule has 3 aliphatic rings. The van der Waals surface area contributed by atoms with Crippen molar-refractivity contribution in [1.29, 1.82) is 0 Å². The van der Waals surface area contributed by atoms with Crippen molar-refractivity contribution < 1.29 is 24.2 Å². The first-order chi connectivity index (χ1) is 16.8. The average Bonchev–Trinajstić information content (AvgIpc) is 3.44. The molecule has 1 spiro atoms. The summed E-state index contributed by atoms with van der Waals surface area (Å²) in [6.07, 6.45) is 4.71. The molecule has 0 saturated carbocycles. The first-order valence-corrected chi connectivity index (χ1v) is 13.1. The molecule has 4 rings (SSSR count). The van der Waals surface area contributed by atoms with Gasteiger partial charge in [0.05, 0.1) is 17.4 Å². The number of rotatable bonds is 11. The second-order valence-corrected chi connectivity index (χ2v) is 10.3. The second-order valence-electron chi connectivity index (χ2n) is 10.3. The van der Waals surface area contributed by atoms with Gasteiger partial charge in [0.25, 0.3) is 0 Å². The molecule has 1 aromatic rings. The molecule has 3 amide bonds. The fourth-order valence-corrected chi connectivity index (χ4v) is 6.62. The monoisotopic (exact) mass is 485 g/mol. The van der Waals surface area contributed by atoms with Gasteiger partial charge in [0.1, 0.15) is 11.6 Å². The number of unbranched alkanes of at least 4 members (excludes halogenated alkanes) is 1. The molecule has 0 aromatic heterocycles. The average molecular weight is 486 g/mol. The van der Waals surface area contributed by atoms with Crippen LogP contribution in [0.4, 0.5) is 5.69 Å². The molecule has 3 aliphatic heterocycles. The lowest BCUT2D eigenvalue weighted by atomic mass is 9.65. The quantitative estimate of drug-likeness (QED) is 0.418. The molecule has 1 aromatic carbocycles. The molecular weight excluding hydrogens is 446 g/mol.